The van der Waals surface area contributed by atoms with Gasteiger partial charge in [-0.15, -0.1) is 11.5 Å². The summed E-state index contributed by atoms with van der Waals surface area (Å²) in [6.45, 7) is 2.27. The number of rotatable bonds is 8. The van der Waals surface area contributed by atoms with Crippen LogP contribution in [0.3, 0.4) is 0 Å². The molecule has 0 nitrogen and oxygen atoms in total. The van der Waals surface area contributed by atoms with Crippen molar-refractivity contribution in [2.45, 2.75) is 51.9 Å². The molecule has 0 aliphatic carbocycles. The largest absolute Gasteiger partial charge is 0.213 e. The van der Waals surface area contributed by atoms with Crippen LogP contribution in [0.15, 0.2) is 60.7 Å². The van der Waals surface area contributed by atoms with Gasteiger partial charge in [-0.1, -0.05) is 99.7 Å². The lowest BCUT2D eigenvalue weighted by molar-refractivity contribution is 0.614. The topological polar surface area (TPSA) is 0 Å². The van der Waals surface area contributed by atoms with Crippen LogP contribution in [0.2, 0.25) is 0 Å². The minimum Gasteiger partial charge on any atom is -0.121 e. The van der Waals surface area contributed by atoms with Gasteiger partial charge >= 0.3 is 0 Å². The second-order valence-corrected chi connectivity index (χ2v) is 8.08. The Balaban J connectivity index is 1.93. The van der Waals surface area contributed by atoms with Gasteiger partial charge in [0, 0.05) is 6.42 Å². The maximum absolute atomic E-state index is 3.61. The van der Waals surface area contributed by atoms with E-state index in [1.54, 1.807) is 0 Å². The standard InChI is InChI=1S/C22H27Si/c1-2-3-4-5-6-7-8-15-20-23(21-16-11-9-12-17-21)22-18-13-10-14-19-22/h9-14,16-19H,2-8H2,1H3. The van der Waals surface area contributed by atoms with Gasteiger partial charge in [0.2, 0.25) is 8.80 Å². The molecule has 0 saturated heterocycles. The number of benzene rings is 2. The Labute approximate surface area is 143 Å². The van der Waals surface area contributed by atoms with Crippen molar-refractivity contribution in [3.05, 3.63) is 60.7 Å². The molecular formula is C22H27Si. The summed E-state index contributed by atoms with van der Waals surface area (Å²) in [5.74, 6) is 3.47. The van der Waals surface area contributed by atoms with Crippen LogP contribution in [0.4, 0.5) is 0 Å². The smallest absolute Gasteiger partial charge is 0.121 e. The summed E-state index contributed by atoms with van der Waals surface area (Å²) in [7, 11) is -0.962. The zero-order chi connectivity index (χ0) is 16.2. The summed E-state index contributed by atoms with van der Waals surface area (Å²) in [6, 6.07) is 21.5. The third kappa shape index (κ3) is 6.46. The average molecular weight is 320 g/mol. The normalized spacial score (nSPS) is 10.3. The molecule has 0 aliphatic rings. The minimum absolute atomic E-state index is 0.962. The van der Waals surface area contributed by atoms with E-state index >= 15 is 0 Å². The summed E-state index contributed by atoms with van der Waals surface area (Å²) < 4.78 is 0. The maximum Gasteiger partial charge on any atom is 0.213 e. The number of unbranched alkanes of at least 4 members (excludes halogenated alkanes) is 6. The van der Waals surface area contributed by atoms with E-state index in [0.717, 1.165) is 6.42 Å². The quantitative estimate of drug-likeness (QED) is 0.379. The molecule has 0 atom stereocenters. The molecule has 0 amide bonds. The van der Waals surface area contributed by atoms with Crippen molar-refractivity contribution in [2.75, 3.05) is 0 Å². The monoisotopic (exact) mass is 319 g/mol. The predicted octanol–water partition coefficient (Wildman–Crippen LogP) is 4.59. The van der Waals surface area contributed by atoms with Gasteiger partial charge in [-0.05, 0) is 16.8 Å². The van der Waals surface area contributed by atoms with Crippen molar-refractivity contribution >= 4 is 19.2 Å². The average Bonchev–Trinajstić information content (AvgIpc) is 2.62. The first kappa shape index (κ1) is 17.6. The van der Waals surface area contributed by atoms with E-state index in [1.165, 1.54) is 48.9 Å². The first-order valence-corrected chi connectivity index (χ1v) is 10.4. The Kier molecular flexibility index (Phi) is 8.30. The summed E-state index contributed by atoms with van der Waals surface area (Å²) in [6.07, 6.45) is 9.06. The molecular weight excluding hydrogens is 292 g/mol. The fourth-order valence-electron chi connectivity index (χ4n) is 2.67. The van der Waals surface area contributed by atoms with Gasteiger partial charge in [-0.25, -0.2) is 0 Å². The molecule has 2 aromatic carbocycles. The summed E-state index contributed by atoms with van der Waals surface area (Å²) in [5, 5.41) is 2.78. The molecule has 0 spiro atoms. The van der Waals surface area contributed by atoms with E-state index in [1.807, 2.05) is 0 Å². The fourth-order valence-corrected chi connectivity index (χ4v) is 4.64. The second-order valence-electron chi connectivity index (χ2n) is 5.93. The summed E-state index contributed by atoms with van der Waals surface area (Å²) in [4.78, 5) is 0. The van der Waals surface area contributed by atoms with Gasteiger partial charge in [0.25, 0.3) is 0 Å². The van der Waals surface area contributed by atoms with Gasteiger partial charge < -0.3 is 0 Å². The molecule has 2 aromatic rings. The summed E-state index contributed by atoms with van der Waals surface area (Å²) >= 11 is 0. The van der Waals surface area contributed by atoms with E-state index in [4.69, 9.17) is 0 Å². The lowest BCUT2D eigenvalue weighted by atomic mass is 10.1. The van der Waals surface area contributed by atoms with Crippen molar-refractivity contribution in [3.63, 3.8) is 0 Å². The maximum atomic E-state index is 3.61. The van der Waals surface area contributed by atoms with Gasteiger partial charge in [-0.3, -0.25) is 0 Å². The zero-order valence-corrected chi connectivity index (χ0v) is 15.2. The van der Waals surface area contributed by atoms with Crippen molar-refractivity contribution < 1.29 is 0 Å². The van der Waals surface area contributed by atoms with Crippen molar-refractivity contribution in [1.29, 1.82) is 0 Å². The van der Waals surface area contributed by atoms with E-state index < -0.39 is 8.80 Å². The van der Waals surface area contributed by atoms with Crippen LogP contribution in [-0.4, -0.2) is 8.80 Å². The molecule has 0 heterocycles. The van der Waals surface area contributed by atoms with E-state index in [0.29, 0.717) is 0 Å². The van der Waals surface area contributed by atoms with E-state index in [9.17, 15) is 0 Å². The van der Waals surface area contributed by atoms with Crippen molar-refractivity contribution in [1.82, 2.24) is 0 Å². The first-order valence-electron chi connectivity index (χ1n) is 8.88. The molecule has 119 valence electrons. The van der Waals surface area contributed by atoms with Crippen LogP contribution < -0.4 is 10.4 Å². The highest BCUT2D eigenvalue weighted by Gasteiger charge is 2.13. The lowest BCUT2D eigenvalue weighted by Gasteiger charge is -2.08. The number of hydrogen-bond donors (Lipinski definition) is 0. The molecule has 0 bridgehead atoms. The molecule has 0 fully saturated rings. The highest BCUT2D eigenvalue weighted by Crippen LogP contribution is 2.06. The summed E-state index contributed by atoms with van der Waals surface area (Å²) in [5.41, 5.74) is 3.61. The van der Waals surface area contributed by atoms with Gasteiger partial charge in [0.15, 0.2) is 0 Å². The van der Waals surface area contributed by atoms with Crippen LogP contribution >= 0.6 is 0 Å². The Morgan fingerprint density at radius 1 is 0.696 bits per heavy atom. The van der Waals surface area contributed by atoms with Crippen molar-refractivity contribution in [3.8, 4) is 11.5 Å². The second kappa shape index (κ2) is 10.9. The van der Waals surface area contributed by atoms with Crippen LogP contribution in [0.5, 0.6) is 0 Å². The molecule has 0 N–H and O–H groups in total. The van der Waals surface area contributed by atoms with Gasteiger partial charge in [-0.2, -0.15) is 0 Å². The first-order chi connectivity index (χ1) is 11.4. The molecule has 1 heteroatoms. The molecule has 23 heavy (non-hydrogen) atoms. The SMILES string of the molecule is CCCCCCCCC#C[Si](c1ccccc1)c1ccccc1. The molecule has 0 saturated carbocycles. The molecule has 0 unspecified atom stereocenters. The van der Waals surface area contributed by atoms with Gasteiger partial charge in [0.05, 0.1) is 0 Å². The highest BCUT2D eigenvalue weighted by molar-refractivity contribution is 6.91. The molecule has 0 aliphatic heterocycles. The Bertz CT molecular complexity index is 553. The lowest BCUT2D eigenvalue weighted by Crippen LogP contribution is -2.41. The highest BCUT2D eigenvalue weighted by atomic mass is 28.3. The van der Waals surface area contributed by atoms with E-state index in [-0.39, 0.29) is 0 Å². The van der Waals surface area contributed by atoms with Gasteiger partial charge in [0.1, 0.15) is 0 Å². The Morgan fingerprint density at radius 2 is 1.22 bits per heavy atom. The van der Waals surface area contributed by atoms with Crippen molar-refractivity contribution in [2.24, 2.45) is 0 Å². The molecule has 0 aromatic heterocycles. The van der Waals surface area contributed by atoms with Crippen LogP contribution in [-0.2, 0) is 0 Å². The fraction of sp³-hybridized carbons (Fsp3) is 0.364. The van der Waals surface area contributed by atoms with Crippen LogP contribution in [0.1, 0.15) is 51.9 Å². The van der Waals surface area contributed by atoms with Crippen LogP contribution in [0.25, 0.3) is 0 Å². The molecule has 2 rings (SSSR count). The predicted molar refractivity (Wildman–Crippen MR) is 104 cm³/mol. The Morgan fingerprint density at radius 3 is 1.78 bits per heavy atom. The molecule has 1 radical (unpaired) electrons. The van der Waals surface area contributed by atoms with E-state index in [2.05, 4.69) is 79.1 Å². The minimum atomic E-state index is -0.962. The third-order valence-electron chi connectivity index (χ3n) is 3.99. The zero-order valence-electron chi connectivity index (χ0n) is 14.2. The number of hydrogen-bond acceptors (Lipinski definition) is 0. The van der Waals surface area contributed by atoms with Crippen LogP contribution in [0, 0.1) is 11.5 Å². The third-order valence-corrected chi connectivity index (χ3v) is 6.24. The Hall–Kier alpha value is -1.78.